The number of amides is 1. The Labute approximate surface area is 140 Å². The molecule has 1 aliphatic rings. The van der Waals surface area contributed by atoms with Gasteiger partial charge in [-0.25, -0.2) is 2.90 Å². The summed E-state index contributed by atoms with van der Waals surface area (Å²) in [6.07, 6.45) is 10.1. The van der Waals surface area contributed by atoms with Crippen molar-refractivity contribution in [3.8, 4) is 11.8 Å². The highest BCUT2D eigenvalue weighted by Crippen LogP contribution is 2.21. The number of carbonyl (C=O) groups is 1. The molecule has 0 aromatic carbocycles. The molecule has 1 aliphatic carbocycles. The van der Waals surface area contributed by atoms with Crippen molar-refractivity contribution in [3.63, 3.8) is 0 Å². The Morgan fingerprint density at radius 2 is 1.81 bits per heavy atom. The first-order valence-electron chi connectivity index (χ1n) is 7.66. The maximum Gasteiger partial charge on any atom is 0.253 e. The maximum absolute atomic E-state index is 11.6. The van der Waals surface area contributed by atoms with E-state index in [0.29, 0.717) is 17.2 Å². The van der Waals surface area contributed by atoms with Gasteiger partial charge >= 0.3 is 0 Å². The molecule has 0 bridgehead atoms. The molecule has 114 valence electrons. The minimum atomic E-state index is -0.450. The van der Waals surface area contributed by atoms with E-state index in [-0.39, 0.29) is 0 Å². The van der Waals surface area contributed by atoms with Crippen LogP contribution in [-0.2, 0) is 0 Å². The largest absolute Gasteiger partial charge is 0.365 e. The van der Waals surface area contributed by atoms with Crippen molar-refractivity contribution in [3.05, 3.63) is 17.0 Å². The molecule has 0 spiro atoms. The zero-order valence-electron chi connectivity index (χ0n) is 12.5. The number of nitrogens with zero attached hydrogens (tertiary/aromatic N) is 2. The van der Waals surface area contributed by atoms with Crippen LogP contribution in [0.2, 0.25) is 0 Å². The predicted octanol–water partition coefficient (Wildman–Crippen LogP) is 3.59. The van der Waals surface area contributed by atoms with Gasteiger partial charge < -0.3 is 5.73 Å². The average Bonchev–Trinajstić information content (AvgIpc) is 2.79. The van der Waals surface area contributed by atoms with Gasteiger partial charge in [0.15, 0.2) is 0 Å². The third-order valence-electron chi connectivity index (χ3n) is 4.06. The second kappa shape index (κ2) is 7.83. The molecule has 5 heteroatoms. The Morgan fingerprint density at radius 3 is 2.38 bits per heavy atom. The fourth-order valence-corrected chi connectivity index (χ4v) is 3.26. The van der Waals surface area contributed by atoms with Gasteiger partial charge in [0.05, 0.1) is 34.1 Å². The Morgan fingerprint density at radius 1 is 1.24 bits per heavy atom. The van der Waals surface area contributed by atoms with Crippen LogP contribution in [0.1, 0.15) is 73.1 Å². The lowest BCUT2D eigenvalue weighted by atomic mass is 9.97. The van der Waals surface area contributed by atoms with Gasteiger partial charge in [-0.15, -0.1) is 0 Å². The van der Waals surface area contributed by atoms with Crippen LogP contribution in [0.3, 0.4) is 0 Å². The average molecular weight is 399 g/mol. The van der Waals surface area contributed by atoms with E-state index in [1.54, 1.807) is 2.90 Å². The first-order valence-corrected chi connectivity index (χ1v) is 8.63. The zero-order chi connectivity index (χ0) is 15.2. The summed E-state index contributed by atoms with van der Waals surface area (Å²) in [5.41, 5.74) is 7.19. The molecular weight excluding hydrogens is 377 g/mol. The highest BCUT2D eigenvalue weighted by atomic mass is 127. The molecule has 0 aliphatic heterocycles. The van der Waals surface area contributed by atoms with Gasteiger partial charge in [0.25, 0.3) is 5.91 Å². The molecule has 1 fully saturated rings. The minimum Gasteiger partial charge on any atom is -0.365 e. The molecule has 0 saturated heterocycles. The molecule has 0 atom stereocenters. The topological polar surface area (TPSA) is 60.9 Å². The molecule has 4 nitrogen and oxygen atoms in total. The molecular formula is C16H22IN3O. The summed E-state index contributed by atoms with van der Waals surface area (Å²) in [4.78, 5) is 11.6. The van der Waals surface area contributed by atoms with E-state index in [9.17, 15) is 4.79 Å². The highest BCUT2D eigenvalue weighted by molar-refractivity contribution is 14.1. The Hall–Kier alpha value is -1.03. The third kappa shape index (κ3) is 4.47. The second-order valence-electron chi connectivity index (χ2n) is 5.70. The molecule has 1 amide bonds. The van der Waals surface area contributed by atoms with Crippen LogP contribution in [0, 0.1) is 24.7 Å². The van der Waals surface area contributed by atoms with Crippen LogP contribution in [0.5, 0.6) is 0 Å². The Balaban J connectivity index is 2.17. The van der Waals surface area contributed by atoms with Gasteiger partial charge in [-0.05, 0) is 25.7 Å². The van der Waals surface area contributed by atoms with E-state index in [1.807, 2.05) is 29.8 Å². The molecule has 21 heavy (non-hydrogen) atoms. The fourth-order valence-electron chi connectivity index (χ4n) is 2.81. The van der Waals surface area contributed by atoms with E-state index in [4.69, 9.17) is 5.73 Å². The van der Waals surface area contributed by atoms with Gasteiger partial charge in [0, 0.05) is 5.92 Å². The molecule has 0 radical (unpaired) electrons. The van der Waals surface area contributed by atoms with Gasteiger partial charge in [-0.1, -0.05) is 44.4 Å². The lowest BCUT2D eigenvalue weighted by molar-refractivity contribution is 0.0999. The van der Waals surface area contributed by atoms with E-state index in [0.717, 1.165) is 18.5 Å². The number of rotatable bonds is 1. The van der Waals surface area contributed by atoms with Crippen LogP contribution >= 0.6 is 22.9 Å². The predicted molar refractivity (Wildman–Crippen MR) is 92.2 cm³/mol. The van der Waals surface area contributed by atoms with Gasteiger partial charge in [-0.2, -0.15) is 5.10 Å². The molecule has 2 rings (SSSR count). The van der Waals surface area contributed by atoms with E-state index >= 15 is 0 Å². The normalized spacial score (nSPS) is 17.2. The van der Waals surface area contributed by atoms with Crippen molar-refractivity contribution in [1.82, 2.24) is 7.99 Å². The van der Waals surface area contributed by atoms with Crippen molar-refractivity contribution >= 4 is 28.8 Å². The van der Waals surface area contributed by atoms with Crippen molar-refractivity contribution in [2.75, 3.05) is 0 Å². The van der Waals surface area contributed by atoms with Crippen molar-refractivity contribution in [2.45, 2.75) is 58.3 Å². The van der Waals surface area contributed by atoms with Crippen molar-refractivity contribution < 1.29 is 4.79 Å². The van der Waals surface area contributed by atoms with Crippen LogP contribution < -0.4 is 5.73 Å². The summed E-state index contributed by atoms with van der Waals surface area (Å²) in [5.74, 6) is 6.41. The highest BCUT2D eigenvalue weighted by Gasteiger charge is 2.17. The molecule has 0 unspecified atom stereocenters. The number of carbonyl (C=O) groups excluding carboxylic acids is 1. The lowest BCUT2D eigenvalue weighted by Gasteiger charge is -2.07. The summed E-state index contributed by atoms with van der Waals surface area (Å²) in [5, 5.41) is 4.31. The van der Waals surface area contributed by atoms with E-state index < -0.39 is 5.91 Å². The van der Waals surface area contributed by atoms with Gasteiger partial charge in [0.1, 0.15) is 5.69 Å². The van der Waals surface area contributed by atoms with Gasteiger partial charge in [-0.3, -0.25) is 4.79 Å². The number of nitrogens with two attached hydrogens (primary N) is 1. The molecule has 1 saturated carbocycles. The summed E-state index contributed by atoms with van der Waals surface area (Å²) in [7, 11) is 0. The fraction of sp³-hybridized carbons (Fsp3) is 0.625. The van der Waals surface area contributed by atoms with Crippen LogP contribution in [0.4, 0.5) is 0 Å². The van der Waals surface area contributed by atoms with E-state index in [2.05, 4.69) is 16.9 Å². The summed E-state index contributed by atoms with van der Waals surface area (Å²) < 4.78 is 1.64. The molecule has 2 N–H and O–H groups in total. The number of halogens is 1. The molecule has 1 aromatic rings. The van der Waals surface area contributed by atoms with Crippen LogP contribution in [-0.4, -0.2) is 13.9 Å². The summed E-state index contributed by atoms with van der Waals surface area (Å²) >= 11 is 2.04. The van der Waals surface area contributed by atoms with Crippen molar-refractivity contribution in [1.29, 1.82) is 0 Å². The second-order valence-corrected chi connectivity index (χ2v) is 6.61. The van der Waals surface area contributed by atoms with Crippen molar-refractivity contribution in [2.24, 2.45) is 11.7 Å². The third-order valence-corrected chi connectivity index (χ3v) is 5.00. The van der Waals surface area contributed by atoms with Gasteiger partial charge in [0.2, 0.25) is 0 Å². The Kier molecular flexibility index (Phi) is 6.09. The lowest BCUT2D eigenvalue weighted by Crippen LogP contribution is -2.13. The Bertz CT molecular complexity index is 558. The summed E-state index contributed by atoms with van der Waals surface area (Å²) in [6, 6.07) is 0. The monoisotopic (exact) mass is 399 g/mol. The molecule has 1 aromatic heterocycles. The smallest absolute Gasteiger partial charge is 0.253 e. The van der Waals surface area contributed by atoms with Crippen LogP contribution in [0.15, 0.2) is 0 Å². The first kappa shape index (κ1) is 16.3. The van der Waals surface area contributed by atoms with E-state index in [1.165, 1.54) is 38.5 Å². The standard InChI is InChI=1S/C16H22IN3O/c1-12-15(16(18)21)14(19-20(12)17)11-10-13-8-6-4-2-3-5-7-9-13/h13H,2-9H2,1H3,(H2,18,21). The molecule has 1 heterocycles. The number of primary amides is 1. The zero-order valence-corrected chi connectivity index (χ0v) is 14.6. The number of aromatic nitrogens is 2. The maximum atomic E-state index is 11.6. The minimum absolute atomic E-state index is 0.420. The number of hydrogen-bond donors (Lipinski definition) is 1. The summed E-state index contributed by atoms with van der Waals surface area (Å²) in [6.45, 7) is 1.84. The van der Waals surface area contributed by atoms with Crippen LogP contribution in [0.25, 0.3) is 0 Å². The first-order chi connectivity index (χ1) is 10.1. The quantitative estimate of drug-likeness (QED) is 0.580. The number of hydrogen-bond acceptors (Lipinski definition) is 2. The SMILES string of the molecule is Cc1c(C(N)=O)c(C#CC2CCCCCCCC2)nn1I.